The molecule has 0 saturated heterocycles. The highest BCUT2D eigenvalue weighted by Gasteiger charge is 2.13. The molecule has 130 valence electrons. The van der Waals surface area contributed by atoms with Gasteiger partial charge in [0.15, 0.2) is 11.5 Å². The number of nitrogens with one attached hydrogen (secondary N) is 1. The maximum Gasteiger partial charge on any atom is 0.317 e. The first kappa shape index (κ1) is 16.9. The zero-order valence-electron chi connectivity index (χ0n) is 14.4. The van der Waals surface area contributed by atoms with Gasteiger partial charge in [-0.15, -0.1) is 10.2 Å². The average Bonchev–Trinajstić information content (AvgIpc) is 3.03. The van der Waals surface area contributed by atoms with Gasteiger partial charge in [-0.05, 0) is 30.2 Å². The lowest BCUT2D eigenvalue weighted by Gasteiger charge is -2.17. The van der Waals surface area contributed by atoms with E-state index in [9.17, 15) is 4.79 Å². The summed E-state index contributed by atoms with van der Waals surface area (Å²) in [6.07, 6.45) is 1.89. The molecule has 0 unspecified atom stereocenters. The number of carbonyl (C=O) groups excluding carboxylic acids is 1. The summed E-state index contributed by atoms with van der Waals surface area (Å²) in [7, 11) is 1.73. The molecule has 3 aromatic rings. The van der Waals surface area contributed by atoms with E-state index >= 15 is 0 Å². The number of hydrogen-bond acceptors (Lipinski definition) is 4. The zero-order chi connectivity index (χ0) is 17.8. The first-order chi connectivity index (χ1) is 12.0. The second-order valence-corrected chi connectivity index (χ2v) is 6.09. The molecular weight excluding hydrogens is 316 g/mol. The van der Waals surface area contributed by atoms with Crippen molar-refractivity contribution >= 4 is 11.7 Å². The monoisotopic (exact) mass is 338 g/mol. The topological polar surface area (TPSA) is 88.5 Å². The SMILES string of the molecule is C[C@@H](N)c1ccc(CNC(=O)N(C)Cc2nnc3ccccn23)cc1. The number of aromatic nitrogens is 3. The van der Waals surface area contributed by atoms with E-state index in [-0.39, 0.29) is 12.1 Å². The fourth-order valence-electron chi connectivity index (χ4n) is 2.53. The van der Waals surface area contributed by atoms with E-state index in [1.54, 1.807) is 11.9 Å². The minimum absolute atomic E-state index is 0.00718. The van der Waals surface area contributed by atoms with Crippen molar-refractivity contribution in [2.75, 3.05) is 7.05 Å². The van der Waals surface area contributed by atoms with Crippen molar-refractivity contribution in [2.24, 2.45) is 5.73 Å². The van der Waals surface area contributed by atoms with Crippen molar-refractivity contribution < 1.29 is 4.79 Å². The molecule has 1 atom stereocenters. The third kappa shape index (κ3) is 3.95. The van der Waals surface area contributed by atoms with Gasteiger partial charge >= 0.3 is 6.03 Å². The van der Waals surface area contributed by atoms with Gasteiger partial charge in [-0.3, -0.25) is 4.40 Å². The molecule has 3 rings (SSSR count). The third-order valence-corrected chi connectivity index (χ3v) is 4.06. The summed E-state index contributed by atoms with van der Waals surface area (Å²) in [6, 6.07) is 13.5. The molecular formula is C18H22N6O. The summed E-state index contributed by atoms with van der Waals surface area (Å²) < 4.78 is 1.87. The van der Waals surface area contributed by atoms with Crippen LogP contribution in [-0.2, 0) is 13.1 Å². The molecule has 7 nitrogen and oxygen atoms in total. The van der Waals surface area contributed by atoms with Crippen LogP contribution in [0.5, 0.6) is 0 Å². The van der Waals surface area contributed by atoms with Crippen LogP contribution in [0.15, 0.2) is 48.7 Å². The minimum Gasteiger partial charge on any atom is -0.334 e. The molecule has 3 N–H and O–H groups in total. The van der Waals surface area contributed by atoms with Gasteiger partial charge in [0.2, 0.25) is 0 Å². The standard InChI is InChI=1S/C18H22N6O/c1-13(19)15-8-6-14(7-9-15)11-20-18(25)23(2)12-17-22-21-16-5-3-4-10-24(16)17/h3-10,13H,11-12,19H2,1-2H3,(H,20,25)/t13-/m1/s1. The fourth-order valence-corrected chi connectivity index (χ4v) is 2.53. The summed E-state index contributed by atoms with van der Waals surface area (Å²) in [6.45, 7) is 2.78. The lowest BCUT2D eigenvalue weighted by molar-refractivity contribution is 0.205. The minimum atomic E-state index is -0.163. The highest BCUT2D eigenvalue weighted by molar-refractivity contribution is 5.73. The van der Waals surface area contributed by atoms with Crippen molar-refractivity contribution in [3.63, 3.8) is 0 Å². The lowest BCUT2D eigenvalue weighted by Crippen LogP contribution is -2.36. The molecule has 0 saturated carbocycles. The number of hydrogen-bond donors (Lipinski definition) is 2. The molecule has 0 bridgehead atoms. The van der Waals surface area contributed by atoms with Crippen molar-refractivity contribution in [3.05, 3.63) is 65.6 Å². The van der Waals surface area contributed by atoms with E-state index < -0.39 is 0 Å². The van der Waals surface area contributed by atoms with Gasteiger partial charge in [0, 0.05) is 25.8 Å². The normalized spacial score (nSPS) is 12.1. The second kappa shape index (κ2) is 7.31. The molecule has 0 aliphatic heterocycles. The van der Waals surface area contributed by atoms with E-state index in [1.165, 1.54) is 0 Å². The lowest BCUT2D eigenvalue weighted by atomic mass is 10.1. The second-order valence-electron chi connectivity index (χ2n) is 6.09. The maximum absolute atomic E-state index is 12.3. The van der Waals surface area contributed by atoms with Crippen LogP contribution >= 0.6 is 0 Å². The predicted octanol–water partition coefficient (Wildman–Crippen LogP) is 2.09. The van der Waals surface area contributed by atoms with Crippen LogP contribution in [0.3, 0.4) is 0 Å². The van der Waals surface area contributed by atoms with Crippen LogP contribution in [-0.4, -0.2) is 32.6 Å². The Bertz CT molecular complexity index is 855. The molecule has 0 aliphatic rings. The van der Waals surface area contributed by atoms with Crippen LogP contribution < -0.4 is 11.1 Å². The summed E-state index contributed by atoms with van der Waals surface area (Å²) in [5, 5.41) is 11.1. The number of pyridine rings is 1. The van der Waals surface area contributed by atoms with Crippen LogP contribution in [0.1, 0.15) is 29.9 Å². The summed E-state index contributed by atoms with van der Waals surface area (Å²) in [4.78, 5) is 13.9. The Hall–Kier alpha value is -2.93. The van der Waals surface area contributed by atoms with Crippen molar-refractivity contribution in [3.8, 4) is 0 Å². The van der Waals surface area contributed by atoms with E-state index in [2.05, 4.69) is 15.5 Å². The Kier molecular flexibility index (Phi) is 4.95. The Labute approximate surface area is 146 Å². The summed E-state index contributed by atoms with van der Waals surface area (Å²) in [5.74, 6) is 0.717. The van der Waals surface area contributed by atoms with E-state index in [4.69, 9.17) is 5.73 Å². The number of nitrogens with two attached hydrogens (primary N) is 1. The number of fused-ring (bicyclic) bond motifs is 1. The smallest absolute Gasteiger partial charge is 0.317 e. The van der Waals surface area contributed by atoms with Crippen molar-refractivity contribution in [1.82, 2.24) is 24.8 Å². The number of nitrogens with zero attached hydrogens (tertiary/aromatic N) is 4. The van der Waals surface area contributed by atoms with Gasteiger partial charge in [-0.1, -0.05) is 30.3 Å². The third-order valence-electron chi connectivity index (χ3n) is 4.06. The predicted molar refractivity (Wildman–Crippen MR) is 95.7 cm³/mol. The Balaban J connectivity index is 1.57. The van der Waals surface area contributed by atoms with Crippen LogP contribution in [0.2, 0.25) is 0 Å². The first-order valence-corrected chi connectivity index (χ1v) is 8.16. The quantitative estimate of drug-likeness (QED) is 0.745. The molecule has 1 aromatic carbocycles. The molecule has 0 radical (unpaired) electrons. The average molecular weight is 338 g/mol. The Morgan fingerprint density at radius 2 is 2.00 bits per heavy atom. The Morgan fingerprint density at radius 3 is 2.72 bits per heavy atom. The molecule has 2 heterocycles. The fraction of sp³-hybridized carbons (Fsp3) is 0.278. The van der Waals surface area contributed by atoms with Crippen molar-refractivity contribution in [1.29, 1.82) is 0 Å². The number of urea groups is 1. The van der Waals surface area contributed by atoms with Crippen LogP contribution in [0.4, 0.5) is 4.79 Å². The van der Waals surface area contributed by atoms with E-state index in [1.807, 2.05) is 60.0 Å². The molecule has 7 heteroatoms. The van der Waals surface area contributed by atoms with Gasteiger partial charge in [-0.25, -0.2) is 4.79 Å². The van der Waals surface area contributed by atoms with Crippen LogP contribution in [0, 0.1) is 0 Å². The largest absolute Gasteiger partial charge is 0.334 e. The van der Waals surface area contributed by atoms with Crippen LogP contribution in [0.25, 0.3) is 5.65 Å². The van der Waals surface area contributed by atoms with Gasteiger partial charge < -0.3 is 16.0 Å². The number of carbonyl (C=O) groups is 1. The van der Waals surface area contributed by atoms with E-state index in [0.29, 0.717) is 13.1 Å². The first-order valence-electron chi connectivity index (χ1n) is 8.16. The maximum atomic E-state index is 12.3. The van der Waals surface area contributed by atoms with Crippen molar-refractivity contribution in [2.45, 2.75) is 26.1 Å². The van der Waals surface area contributed by atoms with Gasteiger partial charge in [0.1, 0.15) is 0 Å². The van der Waals surface area contributed by atoms with Gasteiger partial charge in [0.25, 0.3) is 0 Å². The highest BCUT2D eigenvalue weighted by atomic mass is 16.2. The number of benzene rings is 1. The Morgan fingerprint density at radius 1 is 1.24 bits per heavy atom. The molecule has 0 fully saturated rings. The summed E-state index contributed by atoms with van der Waals surface area (Å²) in [5.41, 5.74) is 8.71. The molecule has 25 heavy (non-hydrogen) atoms. The molecule has 0 aliphatic carbocycles. The zero-order valence-corrected chi connectivity index (χ0v) is 14.4. The van der Waals surface area contributed by atoms with Gasteiger partial charge in [-0.2, -0.15) is 0 Å². The highest BCUT2D eigenvalue weighted by Crippen LogP contribution is 2.11. The molecule has 0 spiro atoms. The number of amides is 2. The number of rotatable bonds is 5. The molecule has 2 amide bonds. The summed E-state index contributed by atoms with van der Waals surface area (Å²) >= 11 is 0. The van der Waals surface area contributed by atoms with Gasteiger partial charge in [0.05, 0.1) is 6.54 Å². The molecule has 2 aromatic heterocycles. The van der Waals surface area contributed by atoms with E-state index in [0.717, 1.165) is 22.6 Å².